The highest BCUT2D eigenvalue weighted by Crippen LogP contribution is 2.34. The monoisotopic (exact) mass is 428 g/mol. The number of anilines is 2. The molecule has 0 aliphatic carbocycles. The van der Waals surface area contributed by atoms with E-state index in [4.69, 9.17) is 27.6 Å². The van der Waals surface area contributed by atoms with E-state index in [1.54, 1.807) is 30.3 Å². The van der Waals surface area contributed by atoms with Crippen LogP contribution < -0.4 is 10.2 Å². The van der Waals surface area contributed by atoms with Crippen LogP contribution in [0.3, 0.4) is 0 Å². The molecule has 1 fully saturated rings. The molecule has 0 unspecified atom stereocenters. The predicted molar refractivity (Wildman–Crippen MR) is 119 cm³/mol. The first-order chi connectivity index (χ1) is 14.0. The Morgan fingerprint density at radius 3 is 2.48 bits per heavy atom. The number of piperidine rings is 1. The summed E-state index contributed by atoms with van der Waals surface area (Å²) >= 11 is 12.3. The van der Waals surface area contributed by atoms with Gasteiger partial charge in [-0.25, -0.2) is 0 Å². The van der Waals surface area contributed by atoms with E-state index < -0.39 is 0 Å². The van der Waals surface area contributed by atoms with Gasteiger partial charge < -0.3 is 14.6 Å². The molecule has 1 aliphatic rings. The van der Waals surface area contributed by atoms with Gasteiger partial charge in [0.25, 0.3) is 5.91 Å². The Bertz CT molecular complexity index is 1010. The van der Waals surface area contributed by atoms with Crippen molar-refractivity contribution in [2.45, 2.75) is 19.8 Å². The Balaban J connectivity index is 1.43. The Labute approximate surface area is 180 Å². The van der Waals surface area contributed by atoms with Crippen LogP contribution in [0.1, 0.15) is 30.3 Å². The van der Waals surface area contributed by atoms with Crippen LogP contribution in [-0.4, -0.2) is 19.0 Å². The Kier molecular flexibility index (Phi) is 5.84. The minimum atomic E-state index is -0.311. The maximum absolute atomic E-state index is 12.6. The highest BCUT2D eigenvalue weighted by atomic mass is 35.5. The van der Waals surface area contributed by atoms with Gasteiger partial charge in [-0.05, 0) is 67.3 Å². The number of amides is 1. The zero-order valence-corrected chi connectivity index (χ0v) is 17.6. The van der Waals surface area contributed by atoms with E-state index in [0.29, 0.717) is 21.4 Å². The second kappa shape index (κ2) is 8.52. The van der Waals surface area contributed by atoms with Crippen molar-refractivity contribution in [3.63, 3.8) is 0 Å². The quantitative estimate of drug-likeness (QED) is 0.500. The Hall–Kier alpha value is -2.43. The van der Waals surface area contributed by atoms with Crippen LogP contribution in [0, 0.1) is 5.92 Å². The second-order valence-electron chi connectivity index (χ2n) is 7.44. The summed E-state index contributed by atoms with van der Waals surface area (Å²) in [7, 11) is 0. The second-order valence-corrected chi connectivity index (χ2v) is 8.22. The van der Waals surface area contributed by atoms with Gasteiger partial charge in [-0.2, -0.15) is 0 Å². The van der Waals surface area contributed by atoms with Crippen molar-refractivity contribution < 1.29 is 9.21 Å². The number of furan rings is 1. The minimum absolute atomic E-state index is 0.213. The van der Waals surface area contributed by atoms with E-state index in [-0.39, 0.29) is 11.7 Å². The molecule has 150 valence electrons. The van der Waals surface area contributed by atoms with Crippen LogP contribution in [0.5, 0.6) is 0 Å². The molecule has 1 saturated heterocycles. The highest BCUT2D eigenvalue weighted by Gasteiger charge is 2.17. The average molecular weight is 429 g/mol. The van der Waals surface area contributed by atoms with Crippen molar-refractivity contribution in [1.29, 1.82) is 0 Å². The summed E-state index contributed by atoms with van der Waals surface area (Å²) in [6.07, 6.45) is 2.44. The fourth-order valence-corrected chi connectivity index (χ4v) is 3.91. The molecule has 29 heavy (non-hydrogen) atoms. The molecule has 0 bridgehead atoms. The molecule has 4 rings (SSSR count). The zero-order chi connectivity index (χ0) is 20.4. The molecule has 0 spiro atoms. The minimum Gasteiger partial charge on any atom is -0.451 e. The van der Waals surface area contributed by atoms with Crippen LogP contribution >= 0.6 is 23.2 Å². The van der Waals surface area contributed by atoms with Crippen LogP contribution in [0.15, 0.2) is 59.0 Å². The van der Waals surface area contributed by atoms with E-state index in [2.05, 4.69) is 17.1 Å². The van der Waals surface area contributed by atoms with Crippen LogP contribution in [0.4, 0.5) is 11.4 Å². The third-order valence-corrected chi connectivity index (χ3v) is 6.14. The topological polar surface area (TPSA) is 45.5 Å². The van der Waals surface area contributed by atoms with Crippen molar-refractivity contribution >= 4 is 40.5 Å². The predicted octanol–water partition coefficient (Wildman–Crippen LogP) is 6.74. The van der Waals surface area contributed by atoms with Crippen molar-refractivity contribution in [2.75, 3.05) is 23.3 Å². The maximum atomic E-state index is 12.6. The summed E-state index contributed by atoms with van der Waals surface area (Å²) < 4.78 is 5.71. The maximum Gasteiger partial charge on any atom is 0.291 e. The SMILES string of the molecule is CC1CCN(c2ccc(NC(=O)c3ccc(-c4cccc(Cl)c4Cl)o3)cc2)CC1. The zero-order valence-electron chi connectivity index (χ0n) is 16.1. The smallest absolute Gasteiger partial charge is 0.291 e. The van der Waals surface area contributed by atoms with E-state index >= 15 is 0 Å². The largest absolute Gasteiger partial charge is 0.451 e. The van der Waals surface area contributed by atoms with Gasteiger partial charge in [0.15, 0.2) is 5.76 Å². The van der Waals surface area contributed by atoms with Gasteiger partial charge in [0.2, 0.25) is 0 Å². The number of carbonyl (C=O) groups is 1. The van der Waals surface area contributed by atoms with Gasteiger partial charge in [-0.15, -0.1) is 0 Å². The van der Waals surface area contributed by atoms with Gasteiger partial charge in [0, 0.05) is 30.0 Å². The summed E-state index contributed by atoms with van der Waals surface area (Å²) in [5.74, 6) is 1.20. The molecule has 0 saturated carbocycles. The number of nitrogens with one attached hydrogen (secondary N) is 1. The van der Waals surface area contributed by atoms with E-state index in [1.807, 2.05) is 24.3 Å². The number of nitrogens with zero attached hydrogens (tertiary/aromatic N) is 1. The normalized spacial score (nSPS) is 14.8. The summed E-state index contributed by atoms with van der Waals surface area (Å²) in [4.78, 5) is 14.9. The highest BCUT2D eigenvalue weighted by molar-refractivity contribution is 6.43. The number of hydrogen-bond donors (Lipinski definition) is 1. The molecule has 1 aromatic heterocycles. The average Bonchev–Trinajstić information content (AvgIpc) is 3.21. The molecule has 2 heterocycles. The van der Waals surface area contributed by atoms with Gasteiger partial charge in [0.05, 0.1) is 10.0 Å². The third-order valence-electron chi connectivity index (χ3n) is 5.32. The van der Waals surface area contributed by atoms with Crippen LogP contribution in [-0.2, 0) is 0 Å². The molecule has 3 aromatic rings. The molecular formula is C23H22Cl2N2O2. The Morgan fingerprint density at radius 2 is 1.76 bits per heavy atom. The fourth-order valence-electron chi connectivity index (χ4n) is 3.51. The lowest BCUT2D eigenvalue weighted by atomic mass is 9.99. The van der Waals surface area contributed by atoms with Gasteiger partial charge in [-0.1, -0.05) is 36.2 Å². The number of carbonyl (C=O) groups excluding carboxylic acids is 1. The number of hydrogen-bond acceptors (Lipinski definition) is 3. The molecule has 1 aliphatic heterocycles. The lowest BCUT2D eigenvalue weighted by molar-refractivity contribution is 0.0997. The first-order valence-corrected chi connectivity index (χ1v) is 10.5. The van der Waals surface area contributed by atoms with Crippen LogP contribution in [0.2, 0.25) is 10.0 Å². The molecular weight excluding hydrogens is 407 g/mol. The molecule has 1 N–H and O–H groups in total. The van der Waals surface area contributed by atoms with Crippen molar-refractivity contribution in [1.82, 2.24) is 0 Å². The number of benzene rings is 2. The first-order valence-electron chi connectivity index (χ1n) is 9.72. The third kappa shape index (κ3) is 4.44. The van der Waals surface area contributed by atoms with Crippen molar-refractivity contribution in [2.24, 2.45) is 5.92 Å². The van der Waals surface area contributed by atoms with E-state index in [9.17, 15) is 4.79 Å². The molecule has 6 heteroatoms. The lowest BCUT2D eigenvalue weighted by Crippen LogP contribution is -2.32. The summed E-state index contributed by atoms with van der Waals surface area (Å²) in [5.41, 5.74) is 2.56. The standard InChI is InChI=1S/C23H22Cl2N2O2/c1-15-11-13-27(14-12-15)17-7-5-16(6-8-17)26-23(28)21-10-9-20(29-21)18-3-2-4-19(24)22(18)25/h2-10,15H,11-14H2,1H3,(H,26,28). The lowest BCUT2D eigenvalue weighted by Gasteiger charge is -2.32. The molecule has 0 atom stereocenters. The van der Waals surface area contributed by atoms with E-state index in [1.165, 1.54) is 18.5 Å². The van der Waals surface area contributed by atoms with Crippen molar-refractivity contribution in [3.8, 4) is 11.3 Å². The molecule has 2 aromatic carbocycles. The van der Waals surface area contributed by atoms with Gasteiger partial charge in [0.1, 0.15) is 5.76 Å². The Morgan fingerprint density at radius 1 is 1.03 bits per heavy atom. The van der Waals surface area contributed by atoms with Gasteiger partial charge >= 0.3 is 0 Å². The molecule has 0 radical (unpaired) electrons. The van der Waals surface area contributed by atoms with Crippen molar-refractivity contribution in [3.05, 3.63) is 70.4 Å². The number of halogens is 2. The first kappa shape index (κ1) is 19.9. The summed E-state index contributed by atoms with van der Waals surface area (Å²) in [6, 6.07) is 16.6. The summed E-state index contributed by atoms with van der Waals surface area (Å²) in [5, 5.41) is 3.72. The number of rotatable bonds is 4. The van der Waals surface area contributed by atoms with Gasteiger partial charge in [-0.3, -0.25) is 4.79 Å². The van der Waals surface area contributed by atoms with E-state index in [0.717, 1.165) is 24.7 Å². The molecule has 4 nitrogen and oxygen atoms in total. The fraction of sp³-hybridized carbons (Fsp3) is 0.261. The molecule has 1 amide bonds. The summed E-state index contributed by atoms with van der Waals surface area (Å²) in [6.45, 7) is 4.46. The van der Waals surface area contributed by atoms with Crippen LogP contribution in [0.25, 0.3) is 11.3 Å².